The Morgan fingerprint density at radius 2 is 2.40 bits per heavy atom. The predicted molar refractivity (Wildman–Crippen MR) is 88.4 cm³/mol. The largest absolute Gasteiger partial charge is 0.393 e. The Hall–Kier alpha value is -1.19. The van der Waals surface area contributed by atoms with Gasteiger partial charge in [0, 0.05) is 12.5 Å². The third kappa shape index (κ3) is 4.43. The first kappa shape index (κ1) is 15.2. The van der Waals surface area contributed by atoms with Crippen LogP contribution in [0, 0.1) is 11.3 Å². The molecule has 0 aromatic rings. The Morgan fingerprint density at radius 3 is 3.15 bits per heavy atom. The first-order chi connectivity index (χ1) is 9.69. The predicted octanol–water partition coefficient (Wildman–Crippen LogP) is 3.16. The zero-order chi connectivity index (χ0) is 14.4. The minimum Gasteiger partial charge on any atom is -0.393 e. The van der Waals surface area contributed by atoms with E-state index in [1.54, 1.807) is 0 Å². The number of nitrogens with one attached hydrogen (secondary N) is 3. The average Bonchev–Trinajstić information content (AvgIpc) is 2.79. The summed E-state index contributed by atoms with van der Waals surface area (Å²) in [6, 6.07) is 0. The van der Waals surface area contributed by atoms with Gasteiger partial charge in [0.25, 0.3) is 0 Å². The van der Waals surface area contributed by atoms with Gasteiger partial charge in [0.2, 0.25) is 0 Å². The molecule has 20 heavy (non-hydrogen) atoms. The molecule has 0 spiro atoms. The molecule has 0 aromatic carbocycles. The Bertz CT molecular complexity index is 378. The Kier molecular flexibility index (Phi) is 5.75. The van der Waals surface area contributed by atoms with Gasteiger partial charge in [-0.15, -0.1) is 6.58 Å². The van der Waals surface area contributed by atoms with Gasteiger partial charge in [0.05, 0.1) is 6.34 Å². The van der Waals surface area contributed by atoms with Crippen molar-refractivity contribution in [3.63, 3.8) is 0 Å². The highest BCUT2D eigenvalue weighted by Gasteiger charge is 2.35. The highest BCUT2D eigenvalue weighted by molar-refractivity contribution is 6.67. The first-order valence-corrected chi connectivity index (χ1v) is 8.03. The normalized spacial score (nSPS) is 24.6. The lowest BCUT2D eigenvalue weighted by atomic mass is 9.37. The van der Waals surface area contributed by atoms with Crippen LogP contribution in [0.15, 0.2) is 23.8 Å². The van der Waals surface area contributed by atoms with Crippen LogP contribution in [-0.4, -0.2) is 25.5 Å². The minimum absolute atomic E-state index is 0.700. The lowest BCUT2D eigenvalue weighted by Crippen LogP contribution is -2.40. The van der Waals surface area contributed by atoms with Crippen LogP contribution >= 0.6 is 0 Å². The summed E-state index contributed by atoms with van der Waals surface area (Å²) in [6.07, 6.45) is 10.0. The van der Waals surface area contributed by atoms with Crippen molar-refractivity contribution >= 4 is 13.1 Å². The Morgan fingerprint density at radius 1 is 1.55 bits per heavy atom. The highest BCUT2D eigenvalue weighted by Crippen LogP contribution is 2.33. The molecule has 4 heteroatoms. The third-order valence-electron chi connectivity index (χ3n) is 4.55. The quantitative estimate of drug-likeness (QED) is 0.209. The molecule has 2 aliphatic rings. The van der Waals surface area contributed by atoms with Crippen LogP contribution in [0.3, 0.4) is 0 Å². The summed E-state index contributed by atoms with van der Waals surface area (Å²) < 4.78 is 0. The van der Waals surface area contributed by atoms with Crippen LogP contribution < -0.4 is 10.6 Å². The van der Waals surface area contributed by atoms with Gasteiger partial charge in [-0.05, 0) is 57.1 Å². The molecule has 1 saturated heterocycles. The van der Waals surface area contributed by atoms with E-state index in [0.717, 1.165) is 32.0 Å². The summed E-state index contributed by atoms with van der Waals surface area (Å²) in [5.74, 6) is 4.05. The molecule has 0 radical (unpaired) electrons. The molecule has 2 aliphatic heterocycles. The summed E-state index contributed by atoms with van der Waals surface area (Å²) in [5, 5.41) is 13.6. The SMILES string of the molecule is C=C(C)CC1CCC2NC(CCCCNC=N)=CB2C1. The zero-order valence-electron chi connectivity index (χ0n) is 12.8. The topological polar surface area (TPSA) is 47.9 Å². The average molecular weight is 273 g/mol. The smallest absolute Gasteiger partial charge is 0.194 e. The van der Waals surface area contributed by atoms with E-state index in [1.807, 2.05) is 0 Å². The van der Waals surface area contributed by atoms with E-state index in [0.29, 0.717) is 5.94 Å². The van der Waals surface area contributed by atoms with Crippen LogP contribution in [0.25, 0.3) is 0 Å². The fraction of sp³-hybridized carbons (Fsp3) is 0.688. The fourth-order valence-electron chi connectivity index (χ4n) is 3.65. The lowest BCUT2D eigenvalue weighted by Gasteiger charge is -2.30. The van der Waals surface area contributed by atoms with Gasteiger partial charge in [-0.1, -0.05) is 17.9 Å². The lowest BCUT2D eigenvalue weighted by molar-refractivity contribution is 0.451. The van der Waals surface area contributed by atoms with Gasteiger partial charge in [0.1, 0.15) is 0 Å². The number of hydrogen-bond acceptors (Lipinski definition) is 2. The van der Waals surface area contributed by atoms with Crippen molar-refractivity contribution in [2.24, 2.45) is 5.92 Å². The summed E-state index contributed by atoms with van der Waals surface area (Å²) in [4.78, 5) is 0. The van der Waals surface area contributed by atoms with Crippen LogP contribution in [0.4, 0.5) is 0 Å². The van der Waals surface area contributed by atoms with Crippen LogP contribution in [0.1, 0.15) is 45.4 Å². The maximum atomic E-state index is 6.92. The molecule has 2 rings (SSSR count). The van der Waals surface area contributed by atoms with Gasteiger partial charge in [-0.3, -0.25) is 5.41 Å². The summed E-state index contributed by atoms with van der Waals surface area (Å²) in [7, 11) is 0. The fourth-order valence-corrected chi connectivity index (χ4v) is 3.65. The maximum absolute atomic E-state index is 6.92. The van der Waals surface area contributed by atoms with Gasteiger partial charge in [-0.25, -0.2) is 0 Å². The molecule has 2 unspecified atom stereocenters. The molecule has 0 bridgehead atoms. The van der Waals surface area contributed by atoms with Crippen molar-refractivity contribution in [1.82, 2.24) is 10.6 Å². The van der Waals surface area contributed by atoms with Crippen LogP contribution in [-0.2, 0) is 0 Å². The van der Waals surface area contributed by atoms with Crippen molar-refractivity contribution in [1.29, 1.82) is 5.41 Å². The van der Waals surface area contributed by atoms with Gasteiger partial charge in [-0.2, -0.15) is 0 Å². The van der Waals surface area contributed by atoms with E-state index >= 15 is 0 Å². The summed E-state index contributed by atoms with van der Waals surface area (Å²) >= 11 is 0. The summed E-state index contributed by atoms with van der Waals surface area (Å²) in [6.45, 7) is 7.89. The van der Waals surface area contributed by atoms with E-state index in [1.165, 1.54) is 49.6 Å². The van der Waals surface area contributed by atoms with Gasteiger partial charge >= 0.3 is 0 Å². The van der Waals surface area contributed by atoms with Crippen molar-refractivity contribution in [2.75, 3.05) is 6.54 Å². The van der Waals surface area contributed by atoms with Crippen molar-refractivity contribution in [2.45, 2.75) is 57.7 Å². The molecular formula is C16H28BN3. The molecule has 0 amide bonds. The van der Waals surface area contributed by atoms with E-state index in [4.69, 9.17) is 5.41 Å². The molecule has 0 saturated carbocycles. The first-order valence-electron chi connectivity index (χ1n) is 8.03. The molecule has 110 valence electrons. The van der Waals surface area contributed by atoms with Gasteiger partial charge < -0.3 is 10.6 Å². The molecule has 2 heterocycles. The van der Waals surface area contributed by atoms with E-state index in [-0.39, 0.29) is 0 Å². The number of unbranched alkanes of at least 4 members (excludes halogenated alkanes) is 1. The molecular weight excluding hydrogens is 245 g/mol. The second kappa shape index (κ2) is 7.56. The van der Waals surface area contributed by atoms with Crippen molar-refractivity contribution in [3.8, 4) is 0 Å². The van der Waals surface area contributed by atoms with E-state index in [9.17, 15) is 0 Å². The number of rotatable bonds is 8. The second-order valence-corrected chi connectivity index (χ2v) is 6.50. The number of fused-ring (bicyclic) bond motifs is 1. The maximum Gasteiger partial charge on any atom is 0.194 e. The van der Waals surface area contributed by atoms with Crippen LogP contribution in [0.2, 0.25) is 6.32 Å². The monoisotopic (exact) mass is 273 g/mol. The molecule has 0 aliphatic carbocycles. The molecule has 3 N–H and O–H groups in total. The third-order valence-corrected chi connectivity index (χ3v) is 4.55. The van der Waals surface area contributed by atoms with Gasteiger partial charge in [0.15, 0.2) is 6.71 Å². The Balaban J connectivity index is 1.72. The summed E-state index contributed by atoms with van der Waals surface area (Å²) in [5.41, 5.74) is 2.80. The number of allylic oxidation sites excluding steroid dienone is 2. The molecule has 3 nitrogen and oxygen atoms in total. The van der Waals surface area contributed by atoms with Crippen LogP contribution in [0.5, 0.6) is 0 Å². The second-order valence-electron chi connectivity index (χ2n) is 6.50. The highest BCUT2D eigenvalue weighted by atomic mass is 14.9. The number of hydrogen-bond donors (Lipinski definition) is 3. The molecule has 0 aromatic heterocycles. The standard InChI is InChI=1S/C16H28BN3/c1-13(2)9-14-6-7-16-17(10-14)11-15(20-16)5-3-4-8-19-12-18/h11-12,14,16,20H,1,3-10H2,2H3,(H2,18,19). The van der Waals surface area contributed by atoms with E-state index < -0.39 is 0 Å². The Labute approximate surface area is 123 Å². The molecule has 1 fully saturated rings. The molecule has 2 atom stereocenters. The minimum atomic E-state index is 0.700. The van der Waals surface area contributed by atoms with E-state index in [2.05, 4.69) is 30.1 Å². The zero-order valence-corrected chi connectivity index (χ0v) is 12.8. The van der Waals surface area contributed by atoms with Crippen molar-refractivity contribution in [3.05, 3.63) is 23.8 Å². The van der Waals surface area contributed by atoms with Crippen molar-refractivity contribution < 1.29 is 0 Å².